The van der Waals surface area contributed by atoms with Crippen molar-refractivity contribution in [3.05, 3.63) is 29.0 Å². The van der Waals surface area contributed by atoms with Gasteiger partial charge in [0.25, 0.3) is 5.89 Å². The predicted octanol–water partition coefficient (Wildman–Crippen LogP) is 4.15. The Balaban J connectivity index is 1.67. The monoisotopic (exact) mass is 309 g/mol. The number of anilines is 1. The third kappa shape index (κ3) is 3.10. The lowest BCUT2D eigenvalue weighted by molar-refractivity contribution is 0.425. The number of halogens is 1. The van der Waals surface area contributed by atoms with E-state index in [9.17, 15) is 0 Å². The summed E-state index contributed by atoms with van der Waals surface area (Å²) < 4.78 is 5.29. The molecule has 1 aliphatic carbocycles. The first-order valence-electron chi connectivity index (χ1n) is 6.72. The Bertz CT molecular complexity index is 596. The lowest BCUT2D eigenvalue weighted by atomic mass is 10.2. The van der Waals surface area contributed by atoms with E-state index in [2.05, 4.69) is 10.1 Å². The van der Waals surface area contributed by atoms with Crippen LogP contribution in [0.3, 0.4) is 0 Å². The smallest absolute Gasteiger partial charge is 0.258 e. The summed E-state index contributed by atoms with van der Waals surface area (Å²) in [6.07, 6.45) is 5.31. The molecule has 1 aromatic carbocycles. The number of nitrogen functional groups attached to an aromatic ring is 1. The topological polar surface area (TPSA) is 64.9 Å². The Morgan fingerprint density at radius 2 is 2.15 bits per heavy atom. The van der Waals surface area contributed by atoms with Gasteiger partial charge in [0.1, 0.15) is 0 Å². The number of hydrogen-bond acceptors (Lipinski definition) is 5. The average molecular weight is 310 g/mol. The molecule has 0 atom stereocenters. The minimum absolute atomic E-state index is 0.494. The molecule has 0 bridgehead atoms. The van der Waals surface area contributed by atoms with Gasteiger partial charge in [-0.2, -0.15) is 16.7 Å². The van der Waals surface area contributed by atoms with Crippen LogP contribution in [0.4, 0.5) is 5.69 Å². The van der Waals surface area contributed by atoms with Crippen molar-refractivity contribution in [3.8, 4) is 11.5 Å². The van der Waals surface area contributed by atoms with Crippen molar-refractivity contribution in [1.82, 2.24) is 10.1 Å². The van der Waals surface area contributed by atoms with E-state index in [0.717, 1.165) is 22.4 Å². The summed E-state index contributed by atoms with van der Waals surface area (Å²) in [6, 6.07) is 5.33. The van der Waals surface area contributed by atoms with Crippen LogP contribution >= 0.6 is 23.4 Å². The van der Waals surface area contributed by atoms with Crippen LogP contribution in [0.5, 0.6) is 0 Å². The van der Waals surface area contributed by atoms with Gasteiger partial charge in [0.2, 0.25) is 0 Å². The number of nitrogens with two attached hydrogens (primary N) is 1. The van der Waals surface area contributed by atoms with E-state index in [1.54, 1.807) is 12.1 Å². The van der Waals surface area contributed by atoms with Crippen LogP contribution < -0.4 is 5.73 Å². The number of rotatable bonds is 4. The molecule has 0 aliphatic heterocycles. The molecule has 0 saturated heterocycles. The molecule has 0 spiro atoms. The fourth-order valence-electron chi connectivity index (χ4n) is 2.34. The molecule has 0 amide bonds. The molecule has 1 saturated carbocycles. The highest BCUT2D eigenvalue weighted by molar-refractivity contribution is 7.99. The third-order valence-corrected chi connectivity index (χ3v) is 5.16. The van der Waals surface area contributed by atoms with Gasteiger partial charge in [0, 0.05) is 10.8 Å². The molecular formula is C14H16ClN3OS. The van der Waals surface area contributed by atoms with Gasteiger partial charge in [-0.15, -0.1) is 0 Å². The van der Waals surface area contributed by atoms with Gasteiger partial charge in [0.05, 0.1) is 16.5 Å². The average Bonchev–Trinajstić information content (AvgIpc) is 3.10. The summed E-state index contributed by atoms with van der Waals surface area (Å²) in [6.45, 7) is 0. The molecule has 0 unspecified atom stereocenters. The molecular weight excluding hydrogens is 294 g/mol. The van der Waals surface area contributed by atoms with E-state index >= 15 is 0 Å². The predicted molar refractivity (Wildman–Crippen MR) is 82.7 cm³/mol. The number of aromatic nitrogens is 2. The van der Waals surface area contributed by atoms with Gasteiger partial charge in [-0.1, -0.05) is 29.6 Å². The van der Waals surface area contributed by atoms with Crippen LogP contribution in [0.1, 0.15) is 31.5 Å². The fraction of sp³-hybridized carbons (Fsp3) is 0.429. The van der Waals surface area contributed by atoms with E-state index in [4.69, 9.17) is 21.9 Å². The minimum atomic E-state index is 0.494. The Morgan fingerprint density at radius 1 is 1.35 bits per heavy atom. The van der Waals surface area contributed by atoms with Crippen molar-refractivity contribution >= 4 is 29.1 Å². The molecule has 2 aromatic rings. The highest BCUT2D eigenvalue weighted by atomic mass is 35.5. The van der Waals surface area contributed by atoms with Crippen molar-refractivity contribution in [2.75, 3.05) is 5.73 Å². The van der Waals surface area contributed by atoms with E-state index < -0.39 is 0 Å². The summed E-state index contributed by atoms with van der Waals surface area (Å²) in [7, 11) is 0. The van der Waals surface area contributed by atoms with Gasteiger partial charge in [-0.25, -0.2) is 0 Å². The van der Waals surface area contributed by atoms with Crippen LogP contribution in [-0.2, 0) is 5.75 Å². The van der Waals surface area contributed by atoms with Crippen LogP contribution in [0, 0.1) is 0 Å². The van der Waals surface area contributed by atoms with Crippen LogP contribution in [0.2, 0.25) is 5.02 Å². The first-order chi connectivity index (χ1) is 9.72. The second-order valence-corrected chi connectivity index (χ2v) is 6.67. The van der Waals surface area contributed by atoms with Gasteiger partial charge >= 0.3 is 0 Å². The maximum atomic E-state index is 6.00. The summed E-state index contributed by atoms with van der Waals surface area (Å²) in [4.78, 5) is 4.41. The normalized spacial score (nSPS) is 15.8. The minimum Gasteiger partial charge on any atom is -0.398 e. The Morgan fingerprint density at radius 3 is 2.90 bits per heavy atom. The molecule has 1 heterocycles. The molecule has 6 heteroatoms. The lowest BCUT2D eigenvalue weighted by Gasteiger charge is -2.04. The standard InChI is InChI=1S/C14H16ClN3OS/c15-11-7-9(5-6-12(11)16)14-17-13(18-19-14)8-20-10-3-1-2-4-10/h5-7,10H,1-4,8,16H2. The quantitative estimate of drug-likeness (QED) is 0.859. The lowest BCUT2D eigenvalue weighted by Crippen LogP contribution is -1.95. The van der Waals surface area contributed by atoms with E-state index in [1.807, 2.05) is 17.8 Å². The van der Waals surface area contributed by atoms with Crippen molar-refractivity contribution in [3.63, 3.8) is 0 Å². The third-order valence-electron chi connectivity index (χ3n) is 3.47. The Kier molecular flexibility index (Phi) is 4.17. The Labute approximate surface area is 127 Å². The van der Waals surface area contributed by atoms with Crippen LogP contribution in [-0.4, -0.2) is 15.4 Å². The first kappa shape index (κ1) is 13.8. The maximum Gasteiger partial charge on any atom is 0.258 e. The fourth-order valence-corrected chi connectivity index (χ4v) is 3.69. The number of thioether (sulfide) groups is 1. The molecule has 1 aliphatic rings. The van der Waals surface area contributed by atoms with E-state index in [1.165, 1.54) is 25.7 Å². The summed E-state index contributed by atoms with van der Waals surface area (Å²) in [5.74, 6) is 2.04. The van der Waals surface area contributed by atoms with E-state index in [0.29, 0.717) is 16.6 Å². The van der Waals surface area contributed by atoms with E-state index in [-0.39, 0.29) is 0 Å². The summed E-state index contributed by atoms with van der Waals surface area (Å²) in [5.41, 5.74) is 7.04. The second kappa shape index (κ2) is 6.06. The SMILES string of the molecule is Nc1ccc(-c2nc(CSC3CCCC3)no2)cc1Cl. The van der Waals surface area contributed by atoms with Crippen molar-refractivity contribution in [2.24, 2.45) is 0 Å². The Hall–Kier alpha value is -1.20. The maximum absolute atomic E-state index is 6.00. The molecule has 0 radical (unpaired) electrons. The largest absolute Gasteiger partial charge is 0.398 e. The zero-order valence-electron chi connectivity index (χ0n) is 11.0. The zero-order valence-corrected chi connectivity index (χ0v) is 12.6. The van der Waals surface area contributed by atoms with Gasteiger partial charge in [-0.05, 0) is 31.0 Å². The summed E-state index contributed by atoms with van der Waals surface area (Å²) >= 11 is 7.92. The number of nitrogens with zero attached hydrogens (tertiary/aromatic N) is 2. The molecule has 3 rings (SSSR count). The van der Waals surface area contributed by atoms with Crippen molar-refractivity contribution < 1.29 is 4.52 Å². The number of hydrogen-bond donors (Lipinski definition) is 1. The van der Waals surface area contributed by atoms with Gasteiger partial charge in [0.15, 0.2) is 5.82 Å². The molecule has 20 heavy (non-hydrogen) atoms. The second-order valence-electron chi connectivity index (χ2n) is 4.97. The van der Waals surface area contributed by atoms with Crippen LogP contribution in [0.15, 0.2) is 22.7 Å². The van der Waals surface area contributed by atoms with Gasteiger partial charge in [-0.3, -0.25) is 0 Å². The molecule has 106 valence electrons. The molecule has 1 fully saturated rings. The van der Waals surface area contributed by atoms with Crippen molar-refractivity contribution in [1.29, 1.82) is 0 Å². The van der Waals surface area contributed by atoms with Crippen LogP contribution in [0.25, 0.3) is 11.5 Å². The van der Waals surface area contributed by atoms with Gasteiger partial charge < -0.3 is 10.3 Å². The summed E-state index contributed by atoms with van der Waals surface area (Å²) in [5, 5.41) is 5.28. The number of benzene rings is 1. The van der Waals surface area contributed by atoms with Crippen molar-refractivity contribution in [2.45, 2.75) is 36.7 Å². The molecule has 4 nitrogen and oxygen atoms in total. The highest BCUT2D eigenvalue weighted by Crippen LogP contribution is 2.31. The molecule has 1 aromatic heterocycles. The molecule has 2 N–H and O–H groups in total. The first-order valence-corrected chi connectivity index (χ1v) is 8.14. The highest BCUT2D eigenvalue weighted by Gasteiger charge is 2.17. The zero-order chi connectivity index (χ0) is 13.9.